The minimum absolute atomic E-state index is 0.172. The largest absolute Gasteiger partial charge is 0.372 e. The van der Waals surface area contributed by atoms with Gasteiger partial charge < -0.3 is 9.88 Å². The molecule has 0 bridgehead atoms. The summed E-state index contributed by atoms with van der Waals surface area (Å²) in [6.07, 6.45) is 3.68. The number of anilines is 1. The van der Waals surface area contributed by atoms with Crippen LogP contribution in [0.1, 0.15) is 36.6 Å². The number of aromatic nitrogens is 1. The second-order valence-electron chi connectivity index (χ2n) is 7.17. The molecule has 0 aliphatic carbocycles. The fraction of sp³-hybridized carbons (Fsp3) is 0.474. The van der Waals surface area contributed by atoms with Crippen molar-refractivity contribution in [3.05, 3.63) is 47.3 Å². The molecule has 3 heterocycles. The number of fused-ring (bicyclic) bond motifs is 4. The molecule has 0 saturated carbocycles. The summed E-state index contributed by atoms with van der Waals surface area (Å²) < 4.78 is 28.3. The van der Waals surface area contributed by atoms with Gasteiger partial charge >= 0.3 is 0 Å². The molecule has 5 nitrogen and oxygen atoms in total. The van der Waals surface area contributed by atoms with Crippen molar-refractivity contribution in [3.8, 4) is 5.69 Å². The van der Waals surface area contributed by atoms with Gasteiger partial charge in [0.1, 0.15) is 0 Å². The molecule has 1 aromatic heterocycles. The first-order chi connectivity index (χ1) is 11.9. The predicted molar refractivity (Wildman–Crippen MR) is 101 cm³/mol. The van der Waals surface area contributed by atoms with Crippen LogP contribution in [-0.2, 0) is 15.6 Å². The first kappa shape index (κ1) is 16.7. The monoisotopic (exact) mass is 359 g/mol. The van der Waals surface area contributed by atoms with Gasteiger partial charge in [-0.15, -0.1) is 0 Å². The van der Waals surface area contributed by atoms with E-state index in [1.165, 1.54) is 22.5 Å². The van der Waals surface area contributed by atoms with Crippen LogP contribution < -0.4 is 5.32 Å². The highest BCUT2D eigenvalue weighted by Gasteiger charge is 2.43. The molecule has 2 aliphatic heterocycles. The summed E-state index contributed by atoms with van der Waals surface area (Å²) in [5.74, 6) is 0.172. The number of nitrogens with zero attached hydrogens (tertiary/aromatic N) is 2. The number of hydrogen-bond donors (Lipinski definition) is 1. The molecule has 2 aliphatic rings. The van der Waals surface area contributed by atoms with Crippen LogP contribution in [0.5, 0.6) is 0 Å². The molecule has 0 atom stereocenters. The Hall–Kier alpha value is -1.79. The van der Waals surface area contributed by atoms with E-state index < -0.39 is 10.0 Å². The maximum Gasteiger partial charge on any atom is 0.213 e. The van der Waals surface area contributed by atoms with E-state index in [1.54, 1.807) is 11.2 Å². The Morgan fingerprint density at radius 1 is 1.16 bits per heavy atom. The summed E-state index contributed by atoms with van der Waals surface area (Å²) in [4.78, 5) is 0. The summed E-state index contributed by atoms with van der Waals surface area (Å²) in [7, 11) is -3.11. The molecule has 25 heavy (non-hydrogen) atoms. The minimum atomic E-state index is -3.11. The van der Waals surface area contributed by atoms with Gasteiger partial charge in [0.05, 0.1) is 22.7 Å². The number of benzene rings is 1. The van der Waals surface area contributed by atoms with Gasteiger partial charge in [0.25, 0.3) is 0 Å². The lowest BCUT2D eigenvalue weighted by Gasteiger charge is -2.46. The highest BCUT2D eigenvalue weighted by atomic mass is 32.2. The maximum atomic E-state index is 12.2. The van der Waals surface area contributed by atoms with Crippen LogP contribution in [0.4, 0.5) is 5.69 Å². The number of hydrogen-bond acceptors (Lipinski definition) is 3. The quantitative estimate of drug-likeness (QED) is 0.896. The lowest BCUT2D eigenvalue weighted by atomic mass is 9.82. The van der Waals surface area contributed by atoms with E-state index in [4.69, 9.17) is 0 Å². The van der Waals surface area contributed by atoms with E-state index in [0.717, 1.165) is 18.5 Å². The Morgan fingerprint density at radius 2 is 1.88 bits per heavy atom. The number of nitrogens with one attached hydrogen (secondary N) is 1. The SMILES string of the molecule is CCS(=O)(=O)N1CCC2(CC1)Nc1ccc(C)c(C)c1-n1cccc12. The molecule has 4 rings (SSSR count). The third-order valence-corrected chi connectivity index (χ3v) is 7.77. The third-order valence-electron chi connectivity index (χ3n) is 5.89. The first-order valence-corrected chi connectivity index (χ1v) is 10.5. The van der Waals surface area contributed by atoms with Gasteiger partial charge in [0.15, 0.2) is 0 Å². The van der Waals surface area contributed by atoms with E-state index in [2.05, 4.69) is 54.2 Å². The molecule has 1 spiro atoms. The normalized spacial score (nSPS) is 19.3. The van der Waals surface area contributed by atoms with Crippen molar-refractivity contribution in [3.63, 3.8) is 0 Å². The summed E-state index contributed by atoms with van der Waals surface area (Å²) in [6.45, 7) is 7.14. The molecular formula is C19H25N3O2S. The molecule has 6 heteroatoms. The zero-order valence-corrected chi connectivity index (χ0v) is 15.9. The van der Waals surface area contributed by atoms with Crippen LogP contribution in [0.2, 0.25) is 0 Å². The van der Waals surface area contributed by atoms with Crippen LogP contribution in [0.25, 0.3) is 5.69 Å². The highest BCUT2D eigenvalue weighted by molar-refractivity contribution is 7.89. The highest BCUT2D eigenvalue weighted by Crippen LogP contribution is 2.45. The molecule has 1 N–H and O–H groups in total. The van der Waals surface area contributed by atoms with Gasteiger partial charge in [0.2, 0.25) is 10.0 Å². The molecule has 0 radical (unpaired) electrons. The van der Waals surface area contributed by atoms with Gasteiger partial charge in [0, 0.05) is 25.0 Å². The standard InChI is InChI=1S/C19H25N3O2S/c1-4-25(23,24)21-12-9-19(10-13-21)17-6-5-11-22(17)18-15(3)14(2)7-8-16(18)20-19/h5-8,11,20H,4,9-10,12-13H2,1-3H3. The summed E-state index contributed by atoms with van der Waals surface area (Å²) >= 11 is 0. The molecule has 134 valence electrons. The van der Waals surface area contributed by atoms with E-state index in [9.17, 15) is 8.42 Å². The number of piperidine rings is 1. The number of rotatable bonds is 2. The van der Waals surface area contributed by atoms with Crippen LogP contribution in [0.3, 0.4) is 0 Å². The summed E-state index contributed by atoms with van der Waals surface area (Å²) in [5.41, 5.74) is 5.95. The fourth-order valence-electron chi connectivity index (χ4n) is 4.21. The minimum Gasteiger partial charge on any atom is -0.372 e. The van der Waals surface area contributed by atoms with Crippen molar-refractivity contribution in [2.45, 2.75) is 39.2 Å². The van der Waals surface area contributed by atoms with Gasteiger partial charge in [-0.3, -0.25) is 0 Å². The molecule has 1 aromatic carbocycles. The topological polar surface area (TPSA) is 54.3 Å². The average Bonchev–Trinajstić information content (AvgIpc) is 3.09. The van der Waals surface area contributed by atoms with E-state index in [0.29, 0.717) is 13.1 Å². The Morgan fingerprint density at radius 3 is 2.56 bits per heavy atom. The van der Waals surface area contributed by atoms with Gasteiger partial charge in [-0.05, 0) is 62.9 Å². The van der Waals surface area contributed by atoms with Crippen molar-refractivity contribution < 1.29 is 8.42 Å². The molecule has 1 saturated heterocycles. The smallest absolute Gasteiger partial charge is 0.213 e. The number of sulfonamides is 1. The van der Waals surface area contributed by atoms with Gasteiger partial charge in [-0.1, -0.05) is 6.07 Å². The van der Waals surface area contributed by atoms with Crippen molar-refractivity contribution in [1.82, 2.24) is 8.87 Å². The first-order valence-electron chi connectivity index (χ1n) is 8.92. The Balaban J connectivity index is 1.74. The van der Waals surface area contributed by atoms with Gasteiger partial charge in [-0.25, -0.2) is 12.7 Å². The van der Waals surface area contributed by atoms with Crippen LogP contribution in [0, 0.1) is 13.8 Å². The van der Waals surface area contributed by atoms with E-state index in [1.807, 2.05) is 0 Å². The lowest BCUT2D eigenvalue weighted by molar-refractivity contribution is 0.247. The summed E-state index contributed by atoms with van der Waals surface area (Å²) in [5, 5.41) is 3.77. The number of aryl methyl sites for hydroxylation is 1. The second kappa shape index (κ2) is 5.61. The summed E-state index contributed by atoms with van der Waals surface area (Å²) in [6, 6.07) is 8.56. The molecule has 0 unspecified atom stereocenters. The van der Waals surface area contributed by atoms with Gasteiger partial charge in [-0.2, -0.15) is 0 Å². The van der Waals surface area contributed by atoms with Crippen molar-refractivity contribution in [1.29, 1.82) is 0 Å². The maximum absolute atomic E-state index is 12.2. The molecule has 2 aromatic rings. The lowest BCUT2D eigenvalue weighted by Crippen LogP contribution is -2.51. The second-order valence-corrected chi connectivity index (χ2v) is 9.43. The third kappa shape index (κ3) is 2.42. The average molecular weight is 359 g/mol. The van der Waals surface area contributed by atoms with Crippen LogP contribution in [-0.4, -0.2) is 36.1 Å². The van der Waals surface area contributed by atoms with E-state index in [-0.39, 0.29) is 11.3 Å². The van der Waals surface area contributed by atoms with Crippen molar-refractivity contribution >= 4 is 15.7 Å². The predicted octanol–water partition coefficient (Wildman–Crippen LogP) is 3.16. The zero-order chi connectivity index (χ0) is 17.8. The molecule has 0 amide bonds. The fourth-order valence-corrected chi connectivity index (χ4v) is 5.31. The van der Waals surface area contributed by atoms with Crippen molar-refractivity contribution in [2.24, 2.45) is 0 Å². The Kier molecular flexibility index (Phi) is 3.74. The van der Waals surface area contributed by atoms with Crippen molar-refractivity contribution in [2.75, 3.05) is 24.2 Å². The molecule has 1 fully saturated rings. The Bertz CT molecular complexity index is 922. The molecular weight excluding hydrogens is 334 g/mol. The zero-order valence-electron chi connectivity index (χ0n) is 15.0. The Labute approximate surface area is 149 Å². The van der Waals surface area contributed by atoms with E-state index >= 15 is 0 Å². The van der Waals surface area contributed by atoms with Crippen LogP contribution in [0.15, 0.2) is 30.5 Å². The van der Waals surface area contributed by atoms with Crippen LogP contribution >= 0.6 is 0 Å².